The molecule has 1 aromatic heterocycles. The molecule has 0 fully saturated rings. The molecule has 1 heterocycles. The summed E-state index contributed by atoms with van der Waals surface area (Å²) in [5.41, 5.74) is 0. The first-order valence-corrected chi connectivity index (χ1v) is 4.63. The maximum Gasteiger partial charge on any atom is 0.131 e. The monoisotopic (exact) mass is 187 g/mol. The lowest BCUT2D eigenvalue weighted by atomic mass is 10.5. The average Bonchev–Trinajstić information content (AvgIpc) is 2.50. The molecule has 0 spiro atoms. The normalized spacial score (nSPS) is 10.5. The molecule has 0 aliphatic rings. The van der Waals surface area contributed by atoms with E-state index in [0.717, 1.165) is 23.0 Å². The van der Waals surface area contributed by atoms with E-state index in [1.807, 2.05) is 7.05 Å². The Balaban J connectivity index is 2.41. The number of rotatable bonds is 5. The molecule has 12 heavy (non-hydrogen) atoms. The summed E-state index contributed by atoms with van der Waals surface area (Å²) in [5, 5.41) is 13.1. The molecule has 1 aromatic rings. The zero-order chi connectivity index (χ0) is 8.81. The van der Waals surface area contributed by atoms with Crippen LogP contribution < -0.4 is 5.32 Å². The highest BCUT2D eigenvalue weighted by molar-refractivity contribution is 7.11. The van der Waals surface area contributed by atoms with Crippen LogP contribution in [0.4, 0.5) is 0 Å². The number of nitrogens with one attached hydrogen (secondary N) is 1. The van der Waals surface area contributed by atoms with Gasteiger partial charge in [-0.3, -0.25) is 0 Å². The van der Waals surface area contributed by atoms with Crippen molar-refractivity contribution >= 4 is 11.3 Å². The highest BCUT2D eigenvalue weighted by Gasteiger charge is 2.01. The van der Waals surface area contributed by atoms with E-state index in [2.05, 4.69) is 15.5 Å². The van der Waals surface area contributed by atoms with Crippen LogP contribution in [-0.2, 0) is 17.7 Å². The Hall–Kier alpha value is -0.520. The summed E-state index contributed by atoms with van der Waals surface area (Å²) in [6, 6.07) is 0. The van der Waals surface area contributed by atoms with Crippen LogP contribution in [0.5, 0.6) is 0 Å². The van der Waals surface area contributed by atoms with Crippen LogP contribution in [0.25, 0.3) is 0 Å². The molecule has 0 bridgehead atoms. The topological polar surface area (TPSA) is 47.0 Å². The molecule has 68 valence electrons. The fourth-order valence-corrected chi connectivity index (χ4v) is 1.64. The molecule has 0 atom stereocenters. The van der Waals surface area contributed by atoms with E-state index < -0.39 is 0 Å². The third-order valence-electron chi connectivity index (χ3n) is 1.36. The standard InChI is InChI=1S/C7H13N3OS/c1-8-5-7-10-9-6(12-7)3-4-11-2/h8H,3-5H2,1-2H3. The minimum atomic E-state index is 0.716. The van der Waals surface area contributed by atoms with Crippen LogP contribution in [-0.4, -0.2) is 31.0 Å². The van der Waals surface area contributed by atoms with Gasteiger partial charge in [-0.2, -0.15) is 0 Å². The van der Waals surface area contributed by atoms with Gasteiger partial charge >= 0.3 is 0 Å². The fraction of sp³-hybridized carbons (Fsp3) is 0.714. The molecule has 1 rings (SSSR count). The first-order chi connectivity index (χ1) is 5.86. The summed E-state index contributed by atoms with van der Waals surface area (Å²) >= 11 is 1.63. The number of nitrogens with zero attached hydrogens (tertiary/aromatic N) is 2. The van der Waals surface area contributed by atoms with Crippen molar-refractivity contribution in [3.8, 4) is 0 Å². The number of hydrogen-bond donors (Lipinski definition) is 1. The van der Waals surface area contributed by atoms with E-state index in [0.29, 0.717) is 6.61 Å². The lowest BCUT2D eigenvalue weighted by Crippen LogP contribution is -2.04. The van der Waals surface area contributed by atoms with Gasteiger partial charge in [-0.1, -0.05) is 0 Å². The van der Waals surface area contributed by atoms with E-state index in [-0.39, 0.29) is 0 Å². The van der Waals surface area contributed by atoms with Crippen LogP contribution in [0, 0.1) is 0 Å². The van der Waals surface area contributed by atoms with Crippen LogP contribution in [0.1, 0.15) is 10.0 Å². The second-order valence-corrected chi connectivity index (χ2v) is 3.51. The van der Waals surface area contributed by atoms with Gasteiger partial charge in [0.2, 0.25) is 0 Å². The third kappa shape index (κ3) is 2.84. The molecule has 0 aromatic carbocycles. The lowest BCUT2D eigenvalue weighted by Gasteiger charge is -1.91. The highest BCUT2D eigenvalue weighted by Crippen LogP contribution is 2.09. The lowest BCUT2D eigenvalue weighted by molar-refractivity contribution is 0.202. The zero-order valence-corrected chi connectivity index (χ0v) is 8.15. The van der Waals surface area contributed by atoms with Crippen LogP contribution >= 0.6 is 11.3 Å². The molecule has 0 aliphatic carbocycles. The summed E-state index contributed by atoms with van der Waals surface area (Å²) < 4.78 is 4.94. The Morgan fingerprint density at radius 2 is 2.17 bits per heavy atom. The molecule has 0 saturated carbocycles. The number of aromatic nitrogens is 2. The van der Waals surface area contributed by atoms with Gasteiger partial charge in [0.05, 0.1) is 6.61 Å². The van der Waals surface area contributed by atoms with Crippen molar-refractivity contribution in [2.24, 2.45) is 0 Å². The molecule has 0 radical (unpaired) electrons. The predicted octanol–water partition coefficient (Wildman–Crippen LogP) is 0.446. The molecule has 0 amide bonds. The summed E-state index contributed by atoms with van der Waals surface area (Å²) in [5.74, 6) is 0. The number of hydrogen-bond acceptors (Lipinski definition) is 5. The second-order valence-electron chi connectivity index (χ2n) is 2.36. The number of ether oxygens (including phenoxy) is 1. The minimum Gasteiger partial charge on any atom is -0.384 e. The van der Waals surface area contributed by atoms with Crippen molar-refractivity contribution in [2.45, 2.75) is 13.0 Å². The molecule has 4 nitrogen and oxygen atoms in total. The predicted molar refractivity (Wildman–Crippen MR) is 48.3 cm³/mol. The quantitative estimate of drug-likeness (QED) is 0.727. The molecule has 0 saturated heterocycles. The Kier molecular flexibility index (Phi) is 4.13. The van der Waals surface area contributed by atoms with Crippen molar-refractivity contribution in [2.75, 3.05) is 20.8 Å². The van der Waals surface area contributed by atoms with Crippen LogP contribution in [0.15, 0.2) is 0 Å². The smallest absolute Gasteiger partial charge is 0.131 e. The van der Waals surface area contributed by atoms with E-state index >= 15 is 0 Å². The first kappa shape index (κ1) is 9.57. The second kappa shape index (κ2) is 5.18. The van der Waals surface area contributed by atoms with E-state index in [9.17, 15) is 0 Å². The summed E-state index contributed by atoms with van der Waals surface area (Å²) in [7, 11) is 3.59. The molecule has 0 aliphatic heterocycles. The van der Waals surface area contributed by atoms with E-state index in [4.69, 9.17) is 4.74 Å². The maximum absolute atomic E-state index is 4.94. The highest BCUT2D eigenvalue weighted by atomic mass is 32.1. The van der Waals surface area contributed by atoms with Gasteiger partial charge in [0, 0.05) is 20.1 Å². The van der Waals surface area contributed by atoms with Gasteiger partial charge in [-0.25, -0.2) is 0 Å². The maximum atomic E-state index is 4.94. The van der Waals surface area contributed by atoms with Gasteiger partial charge in [0.15, 0.2) is 0 Å². The SMILES string of the molecule is CNCc1nnc(CCOC)s1. The van der Waals surface area contributed by atoms with Gasteiger partial charge < -0.3 is 10.1 Å². The average molecular weight is 187 g/mol. The first-order valence-electron chi connectivity index (χ1n) is 3.81. The Morgan fingerprint density at radius 1 is 1.42 bits per heavy atom. The molecule has 5 heteroatoms. The van der Waals surface area contributed by atoms with Crippen molar-refractivity contribution in [1.29, 1.82) is 0 Å². The largest absolute Gasteiger partial charge is 0.384 e. The van der Waals surface area contributed by atoms with Crippen molar-refractivity contribution in [3.05, 3.63) is 10.0 Å². The Morgan fingerprint density at radius 3 is 2.83 bits per heavy atom. The van der Waals surface area contributed by atoms with Crippen molar-refractivity contribution in [1.82, 2.24) is 15.5 Å². The Bertz CT molecular complexity index is 226. The van der Waals surface area contributed by atoms with Crippen molar-refractivity contribution in [3.63, 3.8) is 0 Å². The van der Waals surface area contributed by atoms with Crippen molar-refractivity contribution < 1.29 is 4.74 Å². The van der Waals surface area contributed by atoms with Gasteiger partial charge in [0.25, 0.3) is 0 Å². The molecular formula is C7H13N3OS. The summed E-state index contributed by atoms with van der Waals surface area (Å²) in [6.45, 7) is 1.51. The summed E-state index contributed by atoms with van der Waals surface area (Å²) in [6.07, 6.45) is 0.859. The molecule has 1 N–H and O–H groups in total. The number of methoxy groups -OCH3 is 1. The van der Waals surface area contributed by atoms with E-state index in [1.54, 1.807) is 18.4 Å². The zero-order valence-electron chi connectivity index (χ0n) is 7.33. The Labute approximate surface area is 76.0 Å². The van der Waals surface area contributed by atoms with Crippen LogP contribution in [0.2, 0.25) is 0 Å². The minimum absolute atomic E-state index is 0.716. The molecule has 0 unspecified atom stereocenters. The van der Waals surface area contributed by atoms with Gasteiger partial charge in [0.1, 0.15) is 10.0 Å². The third-order valence-corrected chi connectivity index (χ3v) is 2.34. The van der Waals surface area contributed by atoms with E-state index in [1.165, 1.54) is 0 Å². The van der Waals surface area contributed by atoms with Gasteiger partial charge in [-0.15, -0.1) is 21.5 Å². The van der Waals surface area contributed by atoms with Gasteiger partial charge in [-0.05, 0) is 7.05 Å². The summed E-state index contributed by atoms with van der Waals surface area (Å²) in [4.78, 5) is 0. The molecular weight excluding hydrogens is 174 g/mol. The fourth-order valence-electron chi connectivity index (χ4n) is 0.801. The van der Waals surface area contributed by atoms with Crippen LogP contribution in [0.3, 0.4) is 0 Å².